The number of amides is 1. The molecule has 0 bridgehead atoms. The van der Waals surface area contributed by atoms with Crippen LogP contribution in [0.1, 0.15) is 72.6 Å². The largest absolute Gasteiger partial charge is 0.465 e. The third kappa shape index (κ3) is 4.18. The Morgan fingerprint density at radius 1 is 1.29 bits per heavy atom. The maximum absolute atomic E-state index is 13.0. The van der Waals surface area contributed by atoms with Gasteiger partial charge in [0, 0.05) is 11.7 Å². The molecule has 0 saturated carbocycles. The van der Waals surface area contributed by atoms with Gasteiger partial charge in [-0.25, -0.2) is 0 Å². The van der Waals surface area contributed by atoms with E-state index in [2.05, 4.69) is 12.2 Å². The summed E-state index contributed by atoms with van der Waals surface area (Å²) in [6, 6.07) is -0.564. The predicted molar refractivity (Wildman–Crippen MR) is 94.3 cm³/mol. The molecule has 24 heavy (non-hydrogen) atoms. The molecule has 5 heteroatoms. The van der Waals surface area contributed by atoms with Crippen LogP contribution in [0.25, 0.3) is 0 Å². The Morgan fingerprint density at radius 2 is 2.00 bits per heavy atom. The fraction of sp³-hybridized carbons (Fsp3) is 0.789. The molecule has 0 saturated heterocycles. The highest BCUT2D eigenvalue weighted by atomic mass is 16.5. The standard InChI is InChI=1S/C19H32N2O3/c1-5-9-16(19(23)24-6-2)20-14(4)18(22)21-13(3)12-15-10-7-8-11-17(15)21/h13-14,16,20H,5-12H2,1-4H3/t13-,14+,16+/m1/s1. The van der Waals surface area contributed by atoms with Crippen LogP contribution in [0.5, 0.6) is 0 Å². The Labute approximate surface area is 145 Å². The van der Waals surface area contributed by atoms with E-state index >= 15 is 0 Å². The van der Waals surface area contributed by atoms with Crippen molar-refractivity contribution >= 4 is 11.9 Å². The summed E-state index contributed by atoms with van der Waals surface area (Å²) in [5.74, 6) is -0.175. The summed E-state index contributed by atoms with van der Waals surface area (Å²) in [6.07, 6.45) is 7.10. The van der Waals surface area contributed by atoms with E-state index in [1.54, 1.807) is 6.92 Å². The first-order chi connectivity index (χ1) is 11.5. The van der Waals surface area contributed by atoms with Gasteiger partial charge in [-0.1, -0.05) is 13.3 Å². The highest BCUT2D eigenvalue weighted by Gasteiger charge is 2.36. The van der Waals surface area contributed by atoms with Crippen molar-refractivity contribution < 1.29 is 14.3 Å². The van der Waals surface area contributed by atoms with Gasteiger partial charge < -0.3 is 9.64 Å². The molecule has 0 aromatic rings. The van der Waals surface area contributed by atoms with Crippen LogP contribution in [0.2, 0.25) is 0 Å². The number of carbonyl (C=O) groups excluding carboxylic acids is 2. The molecule has 2 rings (SSSR count). The third-order valence-electron chi connectivity index (χ3n) is 5.03. The normalized spacial score (nSPS) is 23.0. The van der Waals surface area contributed by atoms with Gasteiger partial charge in [-0.3, -0.25) is 14.9 Å². The van der Waals surface area contributed by atoms with Gasteiger partial charge in [0.05, 0.1) is 12.6 Å². The lowest BCUT2D eigenvalue weighted by molar-refractivity contribution is -0.146. The van der Waals surface area contributed by atoms with Crippen molar-refractivity contribution in [3.05, 3.63) is 11.3 Å². The third-order valence-corrected chi connectivity index (χ3v) is 5.03. The summed E-state index contributed by atoms with van der Waals surface area (Å²) < 4.78 is 5.13. The second-order valence-corrected chi connectivity index (χ2v) is 7.00. The summed E-state index contributed by atoms with van der Waals surface area (Å²) in [6.45, 7) is 8.18. The van der Waals surface area contributed by atoms with Gasteiger partial charge in [0.15, 0.2) is 0 Å². The van der Waals surface area contributed by atoms with Crippen molar-refractivity contribution in [3.8, 4) is 0 Å². The molecule has 0 unspecified atom stereocenters. The van der Waals surface area contributed by atoms with Crippen molar-refractivity contribution in [1.82, 2.24) is 10.2 Å². The van der Waals surface area contributed by atoms with Crippen LogP contribution in [0.3, 0.4) is 0 Å². The highest BCUT2D eigenvalue weighted by Crippen LogP contribution is 2.38. The van der Waals surface area contributed by atoms with Crippen molar-refractivity contribution in [2.75, 3.05) is 6.61 Å². The van der Waals surface area contributed by atoms with Gasteiger partial charge >= 0.3 is 5.97 Å². The second-order valence-electron chi connectivity index (χ2n) is 7.00. The minimum Gasteiger partial charge on any atom is -0.465 e. The first-order valence-corrected chi connectivity index (χ1v) is 9.46. The van der Waals surface area contributed by atoms with Crippen LogP contribution in [-0.4, -0.2) is 41.5 Å². The molecular formula is C19H32N2O3. The molecule has 0 aromatic carbocycles. The highest BCUT2D eigenvalue weighted by molar-refractivity contribution is 5.85. The average Bonchev–Trinajstić information content (AvgIpc) is 2.89. The monoisotopic (exact) mass is 336 g/mol. The molecule has 1 aliphatic carbocycles. The van der Waals surface area contributed by atoms with Gasteiger partial charge in [-0.15, -0.1) is 0 Å². The van der Waals surface area contributed by atoms with Crippen LogP contribution >= 0.6 is 0 Å². The zero-order chi connectivity index (χ0) is 17.7. The molecule has 0 aromatic heterocycles. The van der Waals surface area contributed by atoms with Crippen LogP contribution in [0.15, 0.2) is 11.3 Å². The zero-order valence-electron chi connectivity index (χ0n) is 15.6. The van der Waals surface area contributed by atoms with Crippen LogP contribution in [0, 0.1) is 0 Å². The van der Waals surface area contributed by atoms with Crippen LogP contribution in [-0.2, 0) is 14.3 Å². The number of nitrogens with zero attached hydrogens (tertiary/aromatic N) is 1. The molecule has 1 amide bonds. The number of nitrogens with one attached hydrogen (secondary N) is 1. The van der Waals surface area contributed by atoms with E-state index in [9.17, 15) is 9.59 Å². The molecule has 136 valence electrons. The zero-order valence-corrected chi connectivity index (χ0v) is 15.6. The lowest BCUT2D eigenvalue weighted by Gasteiger charge is -2.31. The van der Waals surface area contributed by atoms with E-state index < -0.39 is 6.04 Å². The minimum absolute atomic E-state index is 0.0831. The number of rotatable bonds is 7. The maximum Gasteiger partial charge on any atom is 0.323 e. The van der Waals surface area contributed by atoms with E-state index in [-0.39, 0.29) is 24.0 Å². The van der Waals surface area contributed by atoms with Gasteiger partial charge in [0.1, 0.15) is 6.04 Å². The predicted octanol–water partition coefficient (Wildman–Crippen LogP) is 3.15. The molecular weight excluding hydrogens is 304 g/mol. The van der Waals surface area contributed by atoms with Gasteiger partial charge in [0.2, 0.25) is 5.91 Å². The fourth-order valence-electron chi connectivity index (χ4n) is 3.91. The van der Waals surface area contributed by atoms with Crippen molar-refractivity contribution in [2.24, 2.45) is 0 Å². The van der Waals surface area contributed by atoms with Crippen LogP contribution in [0.4, 0.5) is 0 Å². The van der Waals surface area contributed by atoms with Gasteiger partial charge in [-0.2, -0.15) is 0 Å². The average molecular weight is 336 g/mol. The van der Waals surface area contributed by atoms with E-state index in [1.807, 2.05) is 18.7 Å². The number of hydrogen-bond donors (Lipinski definition) is 1. The second kappa shape index (κ2) is 8.65. The summed E-state index contributed by atoms with van der Waals surface area (Å²) in [5, 5.41) is 3.21. The van der Waals surface area contributed by atoms with Crippen molar-refractivity contribution in [2.45, 2.75) is 90.8 Å². The van der Waals surface area contributed by atoms with E-state index in [1.165, 1.54) is 24.1 Å². The Balaban J connectivity index is 2.05. The van der Waals surface area contributed by atoms with Crippen LogP contribution < -0.4 is 5.32 Å². The minimum atomic E-state index is -0.411. The van der Waals surface area contributed by atoms with E-state index in [0.29, 0.717) is 13.0 Å². The van der Waals surface area contributed by atoms with E-state index in [0.717, 1.165) is 25.7 Å². The molecule has 3 atom stereocenters. The Kier molecular flexibility index (Phi) is 6.84. The molecule has 1 aliphatic heterocycles. The number of ether oxygens (including phenoxy) is 1. The number of allylic oxidation sites excluding steroid dienone is 1. The molecule has 1 heterocycles. The first kappa shape index (κ1) is 19.0. The number of carbonyl (C=O) groups is 2. The summed E-state index contributed by atoms with van der Waals surface area (Å²) in [7, 11) is 0. The summed E-state index contributed by atoms with van der Waals surface area (Å²) >= 11 is 0. The quantitative estimate of drug-likeness (QED) is 0.726. The molecule has 1 N–H and O–H groups in total. The lowest BCUT2D eigenvalue weighted by atomic mass is 9.96. The number of hydrogen-bond acceptors (Lipinski definition) is 4. The fourth-order valence-corrected chi connectivity index (χ4v) is 3.91. The van der Waals surface area contributed by atoms with Gasteiger partial charge in [-0.05, 0) is 64.9 Å². The Hall–Kier alpha value is -1.36. The smallest absolute Gasteiger partial charge is 0.323 e. The Bertz CT molecular complexity index is 501. The van der Waals surface area contributed by atoms with Crippen molar-refractivity contribution in [1.29, 1.82) is 0 Å². The topological polar surface area (TPSA) is 58.6 Å². The van der Waals surface area contributed by atoms with Gasteiger partial charge in [0.25, 0.3) is 0 Å². The first-order valence-electron chi connectivity index (χ1n) is 9.46. The molecule has 0 fully saturated rings. The SMILES string of the molecule is CCC[C@H](N[C@@H](C)C(=O)N1C2=C(CCCC2)C[C@H]1C)C(=O)OCC. The van der Waals surface area contributed by atoms with E-state index in [4.69, 9.17) is 4.74 Å². The molecule has 5 nitrogen and oxygen atoms in total. The van der Waals surface area contributed by atoms with Crippen molar-refractivity contribution in [3.63, 3.8) is 0 Å². The number of esters is 1. The molecule has 0 radical (unpaired) electrons. The Morgan fingerprint density at radius 3 is 2.67 bits per heavy atom. The lowest BCUT2D eigenvalue weighted by Crippen LogP contribution is -2.51. The summed E-state index contributed by atoms with van der Waals surface area (Å²) in [4.78, 5) is 27.1. The molecule has 2 aliphatic rings. The maximum atomic E-state index is 13.0. The molecule has 0 spiro atoms. The summed E-state index contributed by atoms with van der Waals surface area (Å²) in [5.41, 5.74) is 2.71.